The van der Waals surface area contributed by atoms with Gasteiger partial charge in [0.2, 0.25) is 0 Å². The minimum Gasteiger partial charge on any atom is -0.372 e. The number of benzene rings is 3. The second kappa shape index (κ2) is 11.5. The molecule has 206 valence electrons. The van der Waals surface area contributed by atoms with Crippen LogP contribution in [0.5, 0.6) is 0 Å². The Morgan fingerprint density at radius 1 is 1.07 bits per heavy atom. The van der Waals surface area contributed by atoms with Gasteiger partial charge in [0.15, 0.2) is 0 Å². The maximum Gasteiger partial charge on any atom is 0.258 e. The van der Waals surface area contributed by atoms with Crippen molar-refractivity contribution in [2.75, 3.05) is 48.9 Å². The number of anilines is 3. The fraction of sp³-hybridized carbons (Fsp3) is 0.344. The number of hydrogen-bond donors (Lipinski definition) is 1. The number of methoxy groups -OCH3 is 1. The summed E-state index contributed by atoms with van der Waals surface area (Å²) in [5, 5.41) is 12.9. The van der Waals surface area contributed by atoms with E-state index < -0.39 is 6.10 Å². The first-order chi connectivity index (χ1) is 19.4. The molecule has 0 bridgehead atoms. The molecular formula is C32H35N5O3. The van der Waals surface area contributed by atoms with Crippen LogP contribution in [0.1, 0.15) is 53.4 Å². The Kier molecular flexibility index (Phi) is 7.88. The number of nitrogens with one attached hydrogen (secondary N) is 1. The van der Waals surface area contributed by atoms with Crippen molar-refractivity contribution in [1.82, 2.24) is 4.90 Å². The third-order valence-electron chi connectivity index (χ3n) is 8.05. The largest absolute Gasteiger partial charge is 0.372 e. The van der Waals surface area contributed by atoms with Crippen molar-refractivity contribution in [3.8, 4) is 6.07 Å². The summed E-state index contributed by atoms with van der Waals surface area (Å²) in [5.74, 6) is -0.226. The van der Waals surface area contributed by atoms with E-state index >= 15 is 0 Å². The van der Waals surface area contributed by atoms with Crippen LogP contribution in [0, 0.1) is 11.3 Å². The van der Waals surface area contributed by atoms with E-state index in [0.29, 0.717) is 24.2 Å². The van der Waals surface area contributed by atoms with Crippen LogP contribution in [0.3, 0.4) is 0 Å². The number of carbonyl (C=O) groups is 2. The van der Waals surface area contributed by atoms with Gasteiger partial charge in [-0.25, -0.2) is 0 Å². The molecule has 0 spiro atoms. The van der Waals surface area contributed by atoms with E-state index in [4.69, 9.17) is 4.74 Å². The van der Waals surface area contributed by atoms with Crippen LogP contribution in [0.4, 0.5) is 17.1 Å². The topological polar surface area (TPSA) is 88.9 Å². The molecule has 1 fully saturated rings. The average Bonchev–Trinajstić information content (AvgIpc) is 3.06. The number of carbonyl (C=O) groups excluding carboxylic acids is 2. The zero-order chi connectivity index (χ0) is 28.4. The highest BCUT2D eigenvalue weighted by Crippen LogP contribution is 2.41. The fourth-order valence-corrected chi connectivity index (χ4v) is 6.02. The third-order valence-corrected chi connectivity index (χ3v) is 8.05. The quantitative estimate of drug-likeness (QED) is 0.486. The van der Waals surface area contributed by atoms with Gasteiger partial charge in [-0.1, -0.05) is 43.3 Å². The molecule has 1 saturated heterocycles. The Morgan fingerprint density at radius 3 is 2.50 bits per heavy atom. The van der Waals surface area contributed by atoms with Gasteiger partial charge in [0.1, 0.15) is 12.2 Å². The van der Waals surface area contributed by atoms with Crippen LogP contribution >= 0.6 is 0 Å². The molecule has 2 aliphatic heterocycles. The first-order valence-electron chi connectivity index (χ1n) is 13.7. The number of nitriles is 1. The van der Waals surface area contributed by atoms with E-state index in [2.05, 4.69) is 40.2 Å². The summed E-state index contributed by atoms with van der Waals surface area (Å²) in [6, 6.07) is 23.9. The van der Waals surface area contributed by atoms with Gasteiger partial charge in [-0.3, -0.25) is 14.5 Å². The van der Waals surface area contributed by atoms with Gasteiger partial charge in [-0.05, 0) is 54.8 Å². The lowest BCUT2D eigenvalue weighted by atomic mass is 9.92. The monoisotopic (exact) mass is 537 g/mol. The third kappa shape index (κ3) is 4.94. The molecule has 2 unspecified atom stereocenters. The first kappa shape index (κ1) is 27.4. The second-order valence-corrected chi connectivity index (χ2v) is 10.4. The summed E-state index contributed by atoms with van der Waals surface area (Å²) in [5.41, 5.74) is 5.72. The van der Waals surface area contributed by atoms with Crippen molar-refractivity contribution in [1.29, 1.82) is 5.26 Å². The average molecular weight is 538 g/mol. The number of rotatable bonds is 6. The van der Waals surface area contributed by atoms with Gasteiger partial charge in [0.25, 0.3) is 11.8 Å². The molecule has 3 aromatic carbocycles. The standard InChI is InChI=1S/C32H35N5O3/c1-5-29(40-4)31(38)34-23-14-15-27(22(18-23)19-33)37-17-16-36(20-21(37)2)30-24-10-6-7-11-25(24)32(39)35(3)28-13-9-8-12-26(28)30/h6-15,18,21,29-30H,5,16-17,20H2,1-4H3,(H,34,38)/t21-,29?,30?/m1/s1. The molecule has 8 heteroatoms. The van der Waals surface area contributed by atoms with Crippen molar-refractivity contribution in [2.24, 2.45) is 0 Å². The van der Waals surface area contributed by atoms with Crippen LogP contribution in [0.25, 0.3) is 0 Å². The van der Waals surface area contributed by atoms with E-state index in [1.54, 1.807) is 11.0 Å². The van der Waals surface area contributed by atoms with E-state index in [1.165, 1.54) is 7.11 Å². The van der Waals surface area contributed by atoms with Gasteiger partial charge in [-0.2, -0.15) is 5.26 Å². The van der Waals surface area contributed by atoms with Crippen LogP contribution in [0.15, 0.2) is 66.7 Å². The SMILES string of the molecule is CCC(OC)C(=O)Nc1ccc(N2CCN(C3c4ccccc4C(=O)N(C)c4ccccc43)C[C@H]2C)c(C#N)c1. The Hall–Kier alpha value is -4.19. The predicted molar refractivity (Wildman–Crippen MR) is 157 cm³/mol. The summed E-state index contributed by atoms with van der Waals surface area (Å²) in [7, 11) is 3.36. The zero-order valence-corrected chi connectivity index (χ0v) is 23.4. The van der Waals surface area contributed by atoms with Crippen LogP contribution in [0.2, 0.25) is 0 Å². The first-order valence-corrected chi connectivity index (χ1v) is 13.7. The van der Waals surface area contributed by atoms with E-state index in [0.717, 1.165) is 41.2 Å². The van der Waals surface area contributed by atoms with E-state index in [9.17, 15) is 14.9 Å². The summed E-state index contributed by atoms with van der Waals surface area (Å²) in [6.07, 6.45) is 0.0286. The van der Waals surface area contributed by atoms with Crippen molar-refractivity contribution in [3.05, 3.63) is 89.0 Å². The van der Waals surface area contributed by atoms with Crippen LogP contribution < -0.4 is 15.1 Å². The normalized spacial score (nSPS) is 19.7. The highest BCUT2D eigenvalue weighted by atomic mass is 16.5. The molecule has 2 heterocycles. The second-order valence-electron chi connectivity index (χ2n) is 10.4. The number of amides is 2. The maximum atomic E-state index is 13.4. The molecule has 8 nitrogen and oxygen atoms in total. The smallest absolute Gasteiger partial charge is 0.258 e. The lowest BCUT2D eigenvalue weighted by molar-refractivity contribution is -0.125. The molecule has 0 aliphatic carbocycles. The highest BCUT2D eigenvalue weighted by Gasteiger charge is 2.37. The predicted octanol–water partition coefficient (Wildman–Crippen LogP) is 4.81. The maximum absolute atomic E-state index is 13.4. The van der Waals surface area contributed by atoms with Gasteiger partial charge in [0, 0.05) is 56.8 Å². The summed E-state index contributed by atoms with van der Waals surface area (Å²) in [4.78, 5) is 32.3. The highest BCUT2D eigenvalue weighted by molar-refractivity contribution is 6.08. The fourth-order valence-electron chi connectivity index (χ4n) is 6.02. The molecule has 3 atom stereocenters. The Balaban J connectivity index is 1.42. The van der Waals surface area contributed by atoms with Crippen molar-refractivity contribution in [2.45, 2.75) is 38.5 Å². The van der Waals surface area contributed by atoms with Crippen molar-refractivity contribution < 1.29 is 14.3 Å². The van der Waals surface area contributed by atoms with E-state index in [1.807, 2.05) is 62.5 Å². The molecule has 2 amide bonds. The Bertz CT molecular complexity index is 1460. The number of fused-ring (bicyclic) bond motifs is 2. The molecule has 0 radical (unpaired) electrons. The number of ether oxygens (including phenoxy) is 1. The number of hydrogen-bond acceptors (Lipinski definition) is 6. The minimum absolute atomic E-state index is 0.00108. The molecular weight excluding hydrogens is 502 g/mol. The van der Waals surface area contributed by atoms with Crippen molar-refractivity contribution >= 4 is 28.9 Å². The summed E-state index contributed by atoms with van der Waals surface area (Å²) < 4.78 is 5.24. The van der Waals surface area contributed by atoms with Gasteiger partial charge >= 0.3 is 0 Å². The van der Waals surface area contributed by atoms with Gasteiger partial charge < -0.3 is 19.9 Å². The number of piperazine rings is 1. The number of para-hydroxylation sites is 1. The molecule has 0 aromatic heterocycles. The molecule has 3 aromatic rings. The lowest BCUT2D eigenvalue weighted by Gasteiger charge is -2.45. The Morgan fingerprint density at radius 2 is 1.80 bits per heavy atom. The van der Waals surface area contributed by atoms with Crippen LogP contribution in [-0.2, 0) is 9.53 Å². The minimum atomic E-state index is -0.535. The molecule has 2 aliphatic rings. The Labute approximate surface area is 235 Å². The molecule has 40 heavy (non-hydrogen) atoms. The summed E-state index contributed by atoms with van der Waals surface area (Å²) in [6.45, 7) is 6.28. The number of nitrogens with zero attached hydrogens (tertiary/aromatic N) is 4. The van der Waals surface area contributed by atoms with Gasteiger partial charge in [0.05, 0.1) is 17.3 Å². The molecule has 0 saturated carbocycles. The molecule has 5 rings (SSSR count). The lowest BCUT2D eigenvalue weighted by Crippen LogP contribution is -2.53. The zero-order valence-electron chi connectivity index (χ0n) is 23.4. The van der Waals surface area contributed by atoms with Crippen molar-refractivity contribution in [3.63, 3.8) is 0 Å². The van der Waals surface area contributed by atoms with Gasteiger partial charge in [-0.15, -0.1) is 0 Å². The molecule has 1 N–H and O–H groups in total. The van der Waals surface area contributed by atoms with Crippen LogP contribution in [-0.4, -0.2) is 62.7 Å². The summed E-state index contributed by atoms with van der Waals surface area (Å²) >= 11 is 0. The van der Waals surface area contributed by atoms with E-state index in [-0.39, 0.29) is 23.9 Å².